The van der Waals surface area contributed by atoms with Crippen molar-refractivity contribution in [1.29, 1.82) is 0 Å². The van der Waals surface area contributed by atoms with E-state index >= 15 is 0 Å². The minimum absolute atomic E-state index is 0.105. The van der Waals surface area contributed by atoms with E-state index in [1.165, 1.54) is 6.07 Å². The summed E-state index contributed by atoms with van der Waals surface area (Å²) in [6, 6.07) is 8.18. The summed E-state index contributed by atoms with van der Waals surface area (Å²) in [6.07, 6.45) is -4.42. The van der Waals surface area contributed by atoms with Gasteiger partial charge in [-0.15, -0.1) is 0 Å². The summed E-state index contributed by atoms with van der Waals surface area (Å²) < 4.78 is 44.3. The van der Waals surface area contributed by atoms with Crippen molar-refractivity contribution in [3.63, 3.8) is 0 Å². The van der Waals surface area contributed by atoms with Crippen LogP contribution in [0.25, 0.3) is 22.6 Å². The first-order valence-electron chi connectivity index (χ1n) is 5.88. The molecule has 0 aliphatic rings. The first kappa shape index (κ1) is 13.9. The smallest absolute Gasteiger partial charge is 0.416 e. The van der Waals surface area contributed by atoms with Crippen molar-refractivity contribution in [2.75, 3.05) is 5.73 Å². The fourth-order valence-electron chi connectivity index (χ4n) is 1.93. The molecule has 1 aromatic heterocycles. The number of hydrogen-bond donors (Lipinski definition) is 1. The summed E-state index contributed by atoms with van der Waals surface area (Å²) in [5.74, 6) is 0.105. The van der Waals surface area contributed by atoms with Gasteiger partial charge in [-0.05, 0) is 52.3 Å². The second-order valence-electron chi connectivity index (χ2n) is 4.44. The van der Waals surface area contributed by atoms with Crippen LogP contribution in [0, 0.1) is 0 Å². The number of halogens is 4. The minimum Gasteiger partial charge on any atom is -0.436 e. The summed E-state index contributed by atoms with van der Waals surface area (Å²) in [5, 5.41) is 0. The van der Waals surface area contributed by atoms with Crippen molar-refractivity contribution < 1.29 is 17.6 Å². The van der Waals surface area contributed by atoms with Gasteiger partial charge in [-0.2, -0.15) is 13.2 Å². The lowest BCUT2D eigenvalue weighted by atomic mass is 10.1. The van der Waals surface area contributed by atoms with Gasteiger partial charge in [-0.25, -0.2) is 4.98 Å². The van der Waals surface area contributed by atoms with Crippen molar-refractivity contribution in [3.8, 4) is 11.5 Å². The van der Waals surface area contributed by atoms with Crippen LogP contribution in [-0.4, -0.2) is 4.98 Å². The molecule has 108 valence electrons. The molecule has 2 N–H and O–H groups in total. The first-order valence-corrected chi connectivity index (χ1v) is 6.67. The normalized spacial score (nSPS) is 12.0. The van der Waals surface area contributed by atoms with E-state index in [4.69, 9.17) is 10.2 Å². The van der Waals surface area contributed by atoms with Crippen molar-refractivity contribution in [3.05, 3.63) is 46.4 Å². The molecular formula is C14H8BrF3N2O. The van der Waals surface area contributed by atoms with Gasteiger partial charge in [0.2, 0.25) is 5.89 Å². The Kier molecular flexibility index (Phi) is 3.16. The third-order valence-corrected chi connectivity index (χ3v) is 3.63. The third-order valence-electron chi connectivity index (χ3n) is 2.94. The highest BCUT2D eigenvalue weighted by Gasteiger charge is 2.31. The quantitative estimate of drug-likeness (QED) is 0.633. The van der Waals surface area contributed by atoms with E-state index in [-0.39, 0.29) is 11.5 Å². The standard InChI is InChI=1S/C14H8BrF3N2O/c15-10-3-1-7(14(16,17)18)5-9(10)13-20-11-6-8(19)2-4-12(11)21-13/h1-6H,19H2. The molecule has 3 nitrogen and oxygen atoms in total. The van der Waals surface area contributed by atoms with Crippen LogP contribution in [-0.2, 0) is 6.18 Å². The molecule has 0 unspecified atom stereocenters. The highest BCUT2D eigenvalue weighted by molar-refractivity contribution is 9.10. The molecule has 21 heavy (non-hydrogen) atoms. The number of anilines is 1. The van der Waals surface area contributed by atoms with E-state index in [0.29, 0.717) is 21.3 Å². The van der Waals surface area contributed by atoms with Gasteiger partial charge in [-0.1, -0.05) is 0 Å². The molecule has 3 rings (SSSR count). The van der Waals surface area contributed by atoms with Gasteiger partial charge in [0.25, 0.3) is 0 Å². The Balaban J connectivity index is 2.17. The number of rotatable bonds is 1. The number of nitrogen functional groups attached to an aromatic ring is 1. The molecule has 0 amide bonds. The Morgan fingerprint density at radius 1 is 1.10 bits per heavy atom. The Morgan fingerprint density at radius 3 is 2.57 bits per heavy atom. The van der Waals surface area contributed by atoms with Gasteiger partial charge in [0, 0.05) is 10.2 Å². The van der Waals surface area contributed by atoms with Crippen LogP contribution in [0.2, 0.25) is 0 Å². The maximum absolute atomic E-state index is 12.8. The summed E-state index contributed by atoms with van der Waals surface area (Å²) in [4.78, 5) is 4.18. The van der Waals surface area contributed by atoms with Gasteiger partial charge in [0.1, 0.15) is 5.52 Å². The Labute approximate surface area is 125 Å². The number of nitrogens with zero attached hydrogens (tertiary/aromatic N) is 1. The topological polar surface area (TPSA) is 52.0 Å². The lowest BCUT2D eigenvalue weighted by molar-refractivity contribution is -0.137. The largest absolute Gasteiger partial charge is 0.436 e. The highest BCUT2D eigenvalue weighted by Crippen LogP contribution is 2.36. The number of oxazole rings is 1. The van der Waals surface area contributed by atoms with Crippen LogP contribution >= 0.6 is 15.9 Å². The number of benzene rings is 2. The first-order chi connectivity index (χ1) is 9.84. The zero-order valence-electron chi connectivity index (χ0n) is 10.4. The van der Waals surface area contributed by atoms with E-state index in [9.17, 15) is 13.2 Å². The van der Waals surface area contributed by atoms with Crippen LogP contribution in [0.3, 0.4) is 0 Å². The lowest BCUT2D eigenvalue weighted by Gasteiger charge is -2.08. The highest BCUT2D eigenvalue weighted by atomic mass is 79.9. The van der Waals surface area contributed by atoms with Gasteiger partial charge >= 0.3 is 6.18 Å². The van der Waals surface area contributed by atoms with E-state index in [1.807, 2.05) is 0 Å². The number of alkyl halides is 3. The van der Waals surface area contributed by atoms with Gasteiger partial charge in [0.05, 0.1) is 11.1 Å². The molecule has 0 fully saturated rings. The second-order valence-corrected chi connectivity index (χ2v) is 5.29. The number of hydrogen-bond acceptors (Lipinski definition) is 3. The zero-order valence-corrected chi connectivity index (χ0v) is 12.0. The Hall–Kier alpha value is -2.02. The summed E-state index contributed by atoms with van der Waals surface area (Å²) in [7, 11) is 0. The van der Waals surface area contributed by atoms with E-state index < -0.39 is 11.7 Å². The third kappa shape index (κ3) is 2.61. The van der Waals surface area contributed by atoms with E-state index in [0.717, 1.165) is 12.1 Å². The second kappa shape index (κ2) is 4.77. The number of fused-ring (bicyclic) bond motifs is 1. The summed E-state index contributed by atoms with van der Waals surface area (Å²) in [6.45, 7) is 0. The van der Waals surface area contributed by atoms with E-state index in [1.54, 1.807) is 18.2 Å². The molecule has 1 heterocycles. The molecule has 7 heteroatoms. The Bertz CT molecular complexity index is 827. The average Bonchev–Trinajstić information content (AvgIpc) is 2.80. The average molecular weight is 357 g/mol. The molecule has 0 bridgehead atoms. The zero-order chi connectivity index (χ0) is 15.2. The Morgan fingerprint density at radius 2 is 1.86 bits per heavy atom. The minimum atomic E-state index is -4.42. The van der Waals surface area contributed by atoms with Crippen LogP contribution < -0.4 is 5.73 Å². The number of aromatic nitrogens is 1. The molecule has 0 aliphatic carbocycles. The van der Waals surface area contributed by atoms with Gasteiger partial charge in [0.15, 0.2) is 5.58 Å². The predicted octanol–water partition coefficient (Wildman–Crippen LogP) is 4.86. The van der Waals surface area contributed by atoms with Crippen LogP contribution in [0.5, 0.6) is 0 Å². The monoisotopic (exact) mass is 356 g/mol. The molecule has 2 aromatic carbocycles. The molecule has 0 atom stereocenters. The van der Waals surface area contributed by atoms with E-state index in [2.05, 4.69) is 20.9 Å². The van der Waals surface area contributed by atoms with Crippen molar-refractivity contribution >= 4 is 32.7 Å². The number of nitrogens with two attached hydrogens (primary N) is 1. The molecule has 0 saturated heterocycles. The molecule has 0 radical (unpaired) electrons. The van der Waals surface area contributed by atoms with Crippen molar-refractivity contribution in [2.45, 2.75) is 6.18 Å². The van der Waals surface area contributed by atoms with Gasteiger partial charge < -0.3 is 10.2 Å². The van der Waals surface area contributed by atoms with Crippen LogP contribution in [0.4, 0.5) is 18.9 Å². The van der Waals surface area contributed by atoms with Crippen molar-refractivity contribution in [2.24, 2.45) is 0 Å². The fourth-order valence-corrected chi connectivity index (χ4v) is 2.34. The van der Waals surface area contributed by atoms with Gasteiger partial charge in [-0.3, -0.25) is 0 Å². The summed E-state index contributed by atoms with van der Waals surface area (Å²) >= 11 is 3.21. The fraction of sp³-hybridized carbons (Fsp3) is 0.0714. The molecule has 0 aliphatic heterocycles. The van der Waals surface area contributed by atoms with Crippen molar-refractivity contribution in [1.82, 2.24) is 4.98 Å². The molecule has 3 aromatic rings. The SMILES string of the molecule is Nc1ccc2oc(-c3cc(C(F)(F)F)ccc3Br)nc2c1. The molecular weight excluding hydrogens is 349 g/mol. The maximum Gasteiger partial charge on any atom is 0.416 e. The molecule has 0 saturated carbocycles. The molecule has 0 spiro atoms. The summed E-state index contributed by atoms with van der Waals surface area (Å²) in [5.41, 5.74) is 6.58. The predicted molar refractivity (Wildman–Crippen MR) is 76.6 cm³/mol. The van der Waals surface area contributed by atoms with Crippen LogP contribution in [0.1, 0.15) is 5.56 Å². The lowest BCUT2D eigenvalue weighted by Crippen LogP contribution is -2.04. The van der Waals surface area contributed by atoms with Crippen LogP contribution in [0.15, 0.2) is 45.3 Å². The maximum atomic E-state index is 12.8.